The SMILES string of the molecule is Fc1ccc(Oc2nc3cc4c(cc3nc2Cl)OCCO4)cc1. The number of benzene rings is 2. The molecule has 1 aliphatic rings. The van der Waals surface area contributed by atoms with E-state index < -0.39 is 0 Å². The van der Waals surface area contributed by atoms with E-state index in [1.165, 1.54) is 24.3 Å². The third-order valence-corrected chi connectivity index (χ3v) is 3.53. The number of halogens is 2. The van der Waals surface area contributed by atoms with Gasteiger partial charge in [-0.15, -0.1) is 0 Å². The van der Waals surface area contributed by atoms with Gasteiger partial charge in [-0.25, -0.2) is 14.4 Å². The fourth-order valence-corrected chi connectivity index (χ4v) is 2.41. The van der Waals surface area contributed by atoms with Crippen molar-refractivity contribution in [3.63, 3.8) is 0 Å². The van der Waals surface area contributed by atoms with E-state index in [0.717, 1.165) is 0 Å². The van der Waals surface area contributed by atoms with Crippen LogP contribution in [0, 0.1) is 5.82 Å². The largest absolute Gasteiger partial charge is 0.486 e. The highest BCUT2D eigenvalue weighted by molar-refractivity contribution is 6.31. The minimum Gasteiger partial charge on any atom is -0.486 e. The maximum atomic E-state index is 12.9. The molecule has 0 radical (unpaired) electrons. The van der Waals surface area contributed by atoms with E-state index in [-0.39, 0.29) is 16.9 Å². The first-order valence-electron chi connectivity index (χ1n) is 6.89. The molecule has 0 fully saturated rings. The van der Waals surface area contributed by atoms with Gasteiger partial charge in [-0.2, -0.15) is 0 Å². The van der Waals surface area contributed by atoms with Gasteiger partial charge in [-0.1, -0.05) is 11.6 Å². The molecular weight excluding hydrogens is 323 g/mol. The number of nitrogens with zero attached hydrogens (tertiary/aromatic N) is 2. The monoisotopic (exact) mass is 332 g/mol. The van der Waals surface area contributed by atoms with Crippen molar-refractivity contribution in [1.29, 1.82) is 0 Å². The minimum atomic E-state index is -0.350. The molecule has 0 bridgehead atoms. The predicted molar refractivity (Wildman–Crippen MR) is 82.0 cm³/mol. The summed E-state index contributed by atoms with van der Waals surface area (Å²) < 4.78 is 29.5. The molecule has 4 rings (SSSR count). The van der Waals surface area contributed by atoms with Crippen LogP contribution in [0.15, 0.2) is 36.4 Å². The number of fused-ring (bicyclic) bond motifs is 2. The summed E-state index contributed by atoms with van der Waals surface area (Å²) in [5.74, 6) is 1.42. The van der Waals surface area contributed by atoms with E-state index in [2.05, 4.69) is 9.97 Å². The standard InChI is InChI=1S/C16H10ClFN2O3/c17-15-16(23-10-3-1-9(18)2-4-10)20-12-8-14-13(7-11(12)19-15)21-5-6-22-14/h1-4,7-8H,5-6H2. The van der Waals surface area contributed by atoms with Crippen LogP contribution in [0.5, 0.6) is 23.1 Å². The molecule has 23 heavy (non-hydrogen) atoms. The van der Waals surface area contributed by atoms with E-state index in [4.69, 9.17) is 25.8 Å². The zero-order chi connectivity index (χ0) is 15.8. The lowest BCUT2D eigenvalue weighted by Gasteiger charge is -2.18. The molecule has 2 heterocycles. The second kappa shape index (κ2) is 5.55. The topological polar surface area (TPSA) is 53.5 Å². The highest BCUT2D eigenvalue weighted by Gasteiger charge is 2.16. The van der Waals surface area contributed by atoms with Gasteiger partial charge in [0.05, 0.1) is 11.0 Å². The summed E-state index contributed by atoms with van der Waals surface area (Å²) in [5.41, 5.74) is 1.14. The second-order valence-electron chi connectivity index (χ2n) is 4.86. The van der Waals surface area contributed by atoms with Crippen LogP contribution in [-0.2, 0) is 0 Å². The maximum Gasteiger partial charge on any atom is 0.258 e. The van der Waals surface area contributed by atoms with Crippen molar-refractivity contribution >= 4 is 22.6 Å². The van der Waals surface area contributed by atoms with Crippen LogP contribution in [0.2, 0.25) is 5.15 Å². The lowest BCUT2D eigenvalue weighted by molar-refractivity contribution is 0.172. The first kappa shape index (κ1) is 14.0. The predicted octanol–water partition coefficient (Wildman–Crippen LogP) is 3.99. The van der Waals surface area contributed by atoms with Gasteiger partial charge in [0.25, 0.3) is 5.88 Å². The van der Waals surface area contributed by atoms with Crippen molar-refractivity contribution in [2.75, 3.05) is 13.2 Å². The number of aromatic nitrogens is 2. The van der Waals surface area contributed by atoms with Crippen LogP contribution < -0.4 is 14.2 Å². The van der Waals surface area contributed by atoms with Gasteiger partial charge in [0.2, 0.25) is 0 Å². The highest BCUT2D eigenvalue weighted by atomic mass is 35.5. The molecule has 0 unspecified atom stereocenters. The van der Waals surface area contributed by atoms with Gasteiger partial charge < -0.3 is 14.2 Å². The molecular formula is C16H10ClFN2O3. The summed E-state index contributed by atoms with van der Waals surface area (Å²) in [4.78, 5) is 8.62. The molecule has 0 spiro atoms. The molecule has 0 amide bonds. The Morgan fingerprint density at radius 3 is 2.22 bits per heavy atom. The van der Waals surface area contributed by atoms with Crippen LogP contribution >= 0.6 is 11.6 Å². The van der Waals surface area contributed by atoms with Gasteiger partial charge >= 0.3 is 0 Å². The fraction of sp³-hybridized carbons (Fsp3) is 0.125. The first-order valence-corrected chi connectivity index (χ1v) is 7.27. The Bertz CT molecular complexity index is 887. The van der Waals surface area contributed by atoms with E-state index in [1.54, 1.807) is 12.1 Å². The molecule has 1 aliphatic heterocycles. The highest BCUT2D eigenvalue weighted by Crippen LogP contribution is 2.36. The third kappa shape index (κ3) is 2.73. The molecule has 5 nitrogen and oxygen atoms in total. The number of hydrogen-bond donors (Lipinski definition) is 0. The smallest absolute Gasteiger partial charge is 0.258 e. The Labute approximate surface area is 135 Å². The van der Waals surface area contributed by atoms with Gasteiger partial charge in [-0.05, 0) is 24.3 Å². The molecule has 3 aromatic rings. The van der Waals surface area contributed by atoms with Crippen LogP contribution in [0.4, 0.5) is 4.39 Å². The summed E-state index contributed by atoms with van der Waals surface area (Å²) in [6.45, 7) is 0.976. The molecule has 0 saturated carbocycles. The lowest BCUT2D eigenvalue weighted by Crippen LogP contribution is -2.15. The first-order chi connectivity index (χ1) is 11.2. The van der Waals surface area contributed by atoms with E-state index in [9.17, 15) is 4.39 Å². The molecule has 0 atom stereocenters. The average Bonchev–Trinajstić information content (AvgIpc) is 2.56. The van der Waals surface area contributed by atoms with Crippen LogP contribution in [0.1, 0.15) is 0 Å². The molecule has 0 N–H and O–H groups in total. The second-order valence-corrected chi connectivity index (χ2v) is 5.22. The van der Waals surface area contributed by atoms with Crippen molar-refractivity contribution in [2.45, 2.75) is 0 Å². The van der Waals surface area contributed by atoms with Crippen molar-refractivity contribution in [1.82, 2.24) is 9.97 Å². The molecule has 2 aromatic carbocycles. The Morgan fingerprint density at radius 1 is 0.957 bits per heavy atom. The Hall–Kier alpha value is -2.60. The van der Waals surface area contributed by atoms with Gasteiger partial charge in [0.1, 0.15) is 24.8 Å². The number of hydrogen-bond acceptors (Lipinski definition) is 5. The fourth-order valence-electron chi connectivity index (χ4n) is 2.23. The summed E-state index contributed by atoms with van der Waals surface area (Å²) in [5, 5.41) is 0.110. The summed E-state index contributed by atoms with van der Waals surface area (Å²) in [6, 6.07) is 9.01. The van der Waals surface area contributed by atoms with Gasteiger partial charge in [-0.3, -0.25) is 0 Å². The summed E-state index contributed by atoms with van der Waals surface area (Å²) in [7, 11) is 0. The number of ether oxygens (including phenoxy) is 3. The average molecular weight is 333 g/mol. The van der Waals surface area contributed by atoms with Crippen LogP contribution in [-0.4, -0.2) is 23.2 Å². The number of rotatable bonds is 2. The maximum absolute atomic E-state index is 12.9. The molecule has 116 valence electrons. The van der Waals surface area contributed by atoms with Gasteiger partial charge in [0.15, 0.2) is 16.7 Å². The Kier molecular flexibility index (Phi) is 3.38. The van der Waals surface area contributed by atoms with Crippen LogP contribution in [0.3, 0.4) is 0 Å². The molecule has 7 heteroatoms. The summed E-state index contributed by atoms with van der Waals surface area (Å²) in [6.07, 6.45) is 0. The lowest BCUT2D eigenvalue weighted by atomic mass is 10.2. The van der Waals surface area contributed by atoms with E-state index in [0.29, 0.717) is 41.5 Å². The Morgan fingerprint density at radius 2 is 1.57 bits per heavy atom. The van der Waals surface area contributed by atoms with Crippen molar-refractivity contribution in [3.8, 4) is 23.1 Å². The van der Waals surface area contributed by atoms with E-state index in [1.807, 2.05) is 0 Å². The molecule has 0 aliphatic carbocycles. The van der Waals surface area contributed by atoms with Crippen LogP contribution in [0.25, 0.3) is 11.0 Å². The molecule has 1 aromatic heterocycles. The summed E-state index contributed by atoms with van der Waals surface area (Å²) >= 11 is 6.12. The van der Waals surface area contributed by atoms with Crippen molar-refractivity contribution in [2.24, 2.45) is 0 Å². The minimum absolute atomic E-state index is 0.110. The van der Waals surface area contributed by atoms with E-state index >= 15 is 0 Å². The Balaban J connectivity index is 1.75. The van der Waals surface area contributed by atoms with Crippen molar-refractivity contribution < 1.29 is 18.6 Å². The third-order valence-electron chi connectivity index (χ3n) is 3.28. The van der Waals surface area contributed by atoms with Crippen molar-refractivity contribution in [3.05, 3.63) is 47.4 Å². The van der Waals surface area contributed by atoms with Gasteiger partial charge in [0, 0.05) is 12.1 Å². The zero-order valence-corrected chi connectivity index (χ0v) is 12.5. The quantitative estimate of drug-likeness (QED) is 0.710. The zero-order valence-electron chi connectivity index (χ0n) is 11.8. The normalized spacial score (nSPS) is 13.1. The molecule has 0 saturated heterocycles.